The van der Waals surface area contributed by atoms with Gasteiger partial charge in [0, 0.05) is 12.5 Å². The summed E-state index contributed by atoms with van der Waals surface area (Å²) in [4.78, 5) is 14.2. The van der Waals surface area contributed by atoms with Crippen LogP contribution in [0.2, 0.25) is 0 Å². The van der Waals surface area contributed by atoms with Crippen LogP contribution in [0.5, 0.6) is 0 Å². The van der Waals surface area contributed by atoms with E-state index in [0.29, 0.717) is 6.04 Å². The first-order chi connectivity index (χ1) is 8.24. The van der Waals surface area contributed by atoms with Crippen molar-refractivity contribution in [3.63, 3.8) is 0 Å². The standard InChI is InChI=1S/C14H26N2O/c1-16-10-8-12(9-11-16)6-7-14(17)15-13-4-2-3-5-13/h12-13H,2-11H2,1H3,(H,15,17). The Bertz CT molecular complexity index is 241. The molecule has 1 saturated heterocycles. The maximum Gasteiger partial charge on any atom is 0.220 e. The van der Waals surface area contributed by atoms with Crippen molar-refractivity contribution in [2.75, 3.05) is 20.1 Å². The number of likely N-dealkylation sites (tertiary alicyclic amines) is 1. The van der Waals surface area contributed by atoms with Gasteiger partial charge in [0.15, 0.2) is 0 Å². The molecule has 0 aromatic carbocycles. The smallest absolute Gasteiger partial charge is 0.220 e. The first kappa shape index (κ1) is 12.9. The van der Waals surface area contributed by atoms with Gasteiger partial charge >= 0.3 is 0 Å². The molecule has 0 aromatic heterocycles. The molecule has 3 nitrogen and oxygen atoms in total. The second kappa shape index (κ2) is 6.39. The van der Waals surface area contributed by atoms with E-state index in [2.05, 4.69) is 17.3 Å². The van der Waals surface area contributed by atoms with E-state index in [9.17, 15) is 4.79 Å². The quantitative estimate of drug-likeness (QED) is 0.814. The zero-order valence-corrected chi connectivity index (χ0v) is 11.1. The molecule has 0 aromatic rings. The van der Waals surface area contributed by atoms with Gasteiger partial charge in [-0.25, -0.2) is 0 Å². The minimum atomic E-state index is 0.288. The summed E-state index contributed by atoms with van der Waals surface area (Å²) in [7, 11) is 2.18. The average Bonchev–Trinajstić information content (AvgIpc) is 2.81. The predicted molar refractivity (Wildman–Crippen MR) is 69.9 cm³/mol. The number of piperidine rings is 1. The van der Waals surface area contributed by atoms with Crippen LogP contribution in [-0.4, -0.2) is 37.0 Å². The number of hydrogen-bond donors (Lipinski definition) is 1. The fourth-order valence-corrected chi connectivity index (χ4v) is 3.06. The van der Waals surface area contributed by atoms with Gasteiger partial charge in [-0.2, -0.15) is 0 Å². The van der Waals surface area contributed by atoms with Crippen molar-refractivity contribution in [2.24, 2.45) is 5.92 Å². The molecule has 0 atom stereocenters. The molecular weight excluding hydrogens is 212 g/mol. The highest BCUT2D eigenvalue weighted by Gasteiger charge is 2.20. The second-order valence-electron chi connectivity index (χ2n) is 5.83. The molecule has 1 saturated carbocycles. The molecule has 2 rings (SSSR count). The third kappa shape index (κ3) is 4.30. The van der Waals surface area contributed by atoms with Crippen molar-refractivity contribution in [2.45, 2.75) is 57.4 Å². The van der Waals surface area contributed by atoms with Gasteiger partial charge in [-0.1, -0.05) is 12.8 Å². The van der Waals surface area contributed by atoms with Crippen LogP contribution in [0.4, 0.5) is 0 Å². The van der Waals surface area contributed by atoms with Gasteiger partial charge in [0.25, 0.3) is 0 Å². The minimum Gasteiger partial charge on any atom is -0.353 e. The molecule has 1 aliphatic carbocycles. The van der Waals surface area contributed by atoms with Crippen LogP contribution in [0.25, 0.3) is 0 Å². The number of nitrogens with zero attached hydrogens (tertiary/aromatic N) is 1. The molecule has 2 fully saturated rings. The molecule has 1 aliphatic heterocycles. The van der Waals surface area contributed by atoms with E-state index in [-0.39, 0.29) is 5.91 Å². The molecule has 0 bridgehead atoms. The van der Waals surface area contributed by atoms with Crippen molar-refractivity contribution in [3.8, 4) is 0 Å². The van der Waals surface area contributed by atoms with E-state index in [0.717, 1.165) is 18.8 Å². The molecule has 98 valence electrons. The number of rotatable bonds is 4. The summed E-state index contributed by atoms with van der Waals surface area (Å²) < 4.78 is 0. The van der Waals surface area contributed by atoms with Crippen LogP contribution in [0.1, 0.15) is 51.4 Å². The lowest BCUT2D eigenvalue weighted by molar-refractivity contribution is -0.122. The third-order valence-corrected chi connectivity index (χ3v) is 4.34. The minimum absolute atomic E-state index is 0.288. The lowest BCUT2D eigenvalue weighted by atomic mass is 9.92. The van der Waals surface area contributed by atoms with Gasteiger partial charge in [-0.15, -0.1) is 0 Å². The lowest BCUT2D eigenvalue weighted by Gasteiger charge is -2.28. The van der Waals surface area contributed by atoms with Crippen LogP contribution in [0, 0.1) is 5.92 Å². The Morgan fingerprint density at radius 2 is 1.82 bits per heavy atom. The first-order valence-corrected chi connectivity index (χ1v) is 7.22. The Kier molecular flexibility index (Phi) is 4.84. The highest BCUT2D eigenvalue weighted by Crippen LogP contribution is 2.21. The number of nitrogens with one attached hydrogen (secondary N) is 1. The SMILES string of the molecule is CN1CCC(CCC(=O)NC2CCCC2)CC1. The van der Waals surface area contributed by atoms with Gasteiger partial charge in [0.05, 0.1) is 0 Å². The fourth-order valence-electron chi connectivity index (χ4n) is 3.06. The Morgan fingerprint density at radius 3 is 2.47 bits per heavy atom. The van der Waals surface area contributed by atoms with Gasteiger partial charge in [0.1, 0.15) is 0 Å². The molecule has 1 heterocycles. The summed E-state index contributed by atoms with van der Waals surface area (Å²) in [5.74, 6) is 1.07. The molecule has 2 aliphatic rings. The maximum absolute atomic E-state index is 11.8. The topological polar surface area (TPSA) is 32.3 Å². The van der Waals surface area contributed by atoms with Crippen LogP contribution < -0.4 is 5.32 Å². The number of amides is 1. The van der Waals surface area contributed by atoms with E-state index < -0.39 is 0 Å². The molecule has 17 heavy (non-hydrogen) atoms. The summed E-state index contributed by atoms with van der Waals surface area (Å²) in [6, 6.07) is 0.486. The second-order valence-corrected chi connectivity index (χ2v) is 5.83. The molecular formula is C14H26N2O. The fraction of sp³-hybridized carbons (Fsp3) is 0.929. The zero-order chi connectivity index (χ0) is 12.1. The van der Waals surface area contributed by atoms with Crippen molar-refractivity contribution >= 4 is 5.91 Å². The first-order valence-electron chi connectivity index (χ1n) is 7.22. The third-order valence-electron chi connectivity index (χ3n) is 4.34. The Labute approximate surface area is 105 Å². The lowest BCUT2D eigenvalue weighted by Crippen LogP contribution is -2.34. The van der Waals surface area contributed by atoms with Crippen LogP contribution in [-0.2, 0) is 4.79 Å². The summed E-state index contributed by atoms with van der Waals surface area (Å²) in [6.07, 6.45) is 9.34. The molecule has 3 heteroatoms. The number of carbonyl (C=O) groups excluding carboxylic acids is 1. The Hall–Kier alpha value is -0.570. The molecule has 0 spiro atoms. The normalized spacial score (nSPS) is 24.1. The van der Waals surface area contributed by atoms with Gasteiger partial charge in [-0.05, 0) is 58.2 Å². The Balaban J connectivity index is 1.59. The van der Waals surface area contributed by atoms with E-state index in [1.807, 2.05) is 0 Å². The van der Waals surface area contributed by atoms with Crippen molar-refractivity contribution in [3.05, 3.63) is 0 Å². The summed E-state index contributed by atoms with van der Waals surface area (Å²) in [6.45, 7) is 2.41. The summed E-state index contributed by atoms with van der Waals surface area (Å²) in [5.41, 5.74) is 0. The van der Waals surface area contributed by atoms with Crippen LogP contribution >= 0.6 is 0 Å². The molecule has 1 N–H and O–H groups in total. The average molecular weight is 238 g/mol. The predicted octanol–water partition coefficient (Wildman–Crippen LogP) is 2.17. The van der Waals surface area contributed by atoms with E-state index in [4.69, 9.17) is 0 Å². The summed E-state index contributed by atoms with van der Waals surface area (Å²) >= 11 is 0. The monoisotopic (exact) mass is 238 g/mol. The largest absolute Gasteiger partial charge is 0.353 e. The molecule has 0 unspecified atom stereocenters. The van der Waals surface area contributed by atoms with E-state index >= 15 is 0 Å². The maximum atomic E-state index is 11.8. The highest BCUT2D eigenvalue weighted by molar-refractivity contribution is 5.76. The van der Waals surface area contributed by atoms with Gasteiger partial charge in [0.2, 0.25) is 5.91 Å². The zero-order valence-electron chi connectivity index (χ0n) is 11.1. The van der Waals surface area contributed by atoms with Crippen molar-refractivity contribution in [1.29, 1.82) is 0 Å². The Morgan fingerprint density at radius 1 is 1.18 bits per heavy atom. The van der Waals surface area contributed by atoms with Crippen molar-refractivity contribution < 1.29 is 4.79 Å². The van der Waals surface area contributed by atoms with E-state index in [1.165, 1.54) is 51.6 Å². The molecule has 1 amide bonds. The number of hydrogen-bond acceptors (Lipinski definition) is 2. The van der Waals surface area contributed by atoms with Gasteiger partial charge < -0.3 is 10.2 Å². The van der Waals surface area contributed by atoms with E-state index in [1.54, 1.807) is 0 Å². The van der Waals surface area contributed by atoms with Crippen LogP contribution in [0.15, 0.2) is 0 Å². The van der Waals surface area contributed by atoms with Gasteiger partial charge in [-0.3, -0.25) is 4.79 Å². The highest BCUT2D eigenvalue weighted by atomic mass is 16.1. The van der Waals surface area contributed by atoms with Crippen molar-refractivity contribution in [1.82, 2.24) is 10.2 Å². The molecule has 0 radical (unpaired) electrons. The number of carbonyl (C=O) groups is 1. The van der Waals surface area contributed by atoms with Crippen LogP contribution in [0.3, 0.4) is 0 Å². The summed E-state index contributed by atoms with van der Waals surface area (Å²) in [5, 5.41) is 3.18.